The second kappa shape index (κ2) is 7.17. The molecule has 100 valence electrons. The summed E-state index contributed by atoms with van der Waals surface area (Å²) in [4.78, 5) is 15.9. The number of aliphatic hydroxyl groups excluding tert-OH is 1. The average molecular weight is 276 g/mol. The van der Waals surface area contributed by atoms with E-state index in [1.807, 2.05) is 11.8 Å². The van der Waals surface area contributed by atoms with Gasteiger partial charge in [0.2, 0.25) is 0 Å². The van der Waals surface area contributed by atoms with Crippen molar-refractivity contribution in [2.24, 2.45) is 0 Å². The van der Waals surface area contributed by atoms with E-state index in [1.54, 1.807) is 18.3 Å². The Morgan fingerprint density at radius 3 is 3.11 bits per heavy atom. The van der Waals surface area contributed by atoms with Gasteiger partial charge in [0.25, 0.3) is 5.91 Å². The minimum atomic E-state index is -0.179. The van der Waals surface area contributed by atoms with Gasteiger partial charge in [-0.15, -0.1) is 0 Å². The third-order valence-electron chi connectivity index (χ3n) is 2.82. The number of aromatic nitrogens is 1. The molecule has 0 aliphatic carbocycles. The zero-order valence-electron chi connectivity index (χ0n) is 10.6. The Labute approximate surface area is 117 Å². The van der Waals surface area contributed by atoms with E-state index in [1.165, 1.54) is 18.6 Å². The third kappa shape index (κ3) is 4.27. The fourth-order valence-electron chi connectivity index (χ4n) is 1.85. The molecule has 2 rings (SSSR count). The molecule has 0 spiro atoms. The average Bonchev–Trinajstić information content (AvgIpc) is 2.96. The first-order chi connectivity index (χ1) is 9.29. The molecule has 0 radical (unpaired) electrons. The molecule has 2 heterocycles. The molecule has 0 aromatic carbocycles. The Bertz CT molecular complexity index is 484. The molecule has 1 fully saturated rings. The molecule has 1 amide bonds. The Morgan fingerprint density at radius 2 is 2.47 bits per heavy atom. The number of rotatable bonds is 3. The van der Waals surface area contributed by atoms with Gasteiger partial charge in [-0.3, -0.25) is 4.79 Å². The van der Waals surface area contributed by atoms with Crippen LogP contribution in [-0.2, 0) is 0 Å². The molecule has 0 bridgehead atoms. The van der Waals surface area contributed by atoms with Crippen LogP contribution < -0.4 is 5.32 Å². The van der Waals surface area contributed by atoms with Crippen molar-refractivity contribution in [1.29, 1.82) is 0 Å². The number of hydrogen-bond acceptors (Lipinski definition) is 4. The molecule has 2 N–H and O–H groups in total. The fourth-order valence-corrected chi connectivity index (χ4v) is 3.05. The maximum absolute atomic E-state index is 11.9. The lowest BCUT2D eigenvalue weighted by Crippen LogP contribution is -2.30. The minimum Gasteiger partial charge on any atom is -0.384 e. The number of nitrogens with one attached hydrogen (secondary N) is 1. The molecule has 1 atom stereocenters. The van der Waals surface area contributed by atoms with Crippen molar-refractivity contribution in [2.75, 3.05) is 18.9 Å². The maximum atomic E-state index is 11.9. The van der Waals surface area contributed by atoms with Gasteiger partial charge in [0.1, 0.15) is 12.3 Å². The summed E-state index contributed by atoms with van der Waals surface area (Å²) < 4.78 is 0. The number of thioether (sulfide) groups is 1. The van der Waals surface area contributed by atoms with E-state index >= 15 is 0 Å². The lowest BCUT2D eigenvalue weighted by atomic mass is 10.2. The number of aliphatic hydroxyl groups is 1. The Balaban J connectivity index is 1.88. The van der Waals surface area contributed by atoms with Crippen LogP contribution in [0.4, 0.5) is 0 Å². The first kappa shape index (κ1) is 13.9. The van der Waals surface area contributed by atoms with Crippen molar-refractivity contribution < 1.29 is 9.90 Å². The summed E-state index contributed by atoms with van der Waals surface area (Å²) in [5, 5.41) is 12.0. The molecular formula is C14H16N2O2S. The molecule has 0 saturated carbocycles. The second-order valence-electron chi connectivity index (χ2n) is 4.24. The van der Waals surface area contributed by atoms with Crippen molar-refractivity contribution in [3.05, 3.63) is 29.6 Å². The molecule has 19 heavy (non-hydrogen) atoms. The van der Waals surface area contributed by atoms with Gasteiger partial charge in [-0.25, -0.2) is 4.98 Å². The highest BCUT2D eigenvalue weighted by atomic mass is 32.2. The van der Waals surface area contributed by atoms with Crippen molar-refractivity contribution in [3.63, 3.8) is 0 Å². The molecule has 1 unspecified atom stereocenters. The van der Waals surface area contributed by atoms with E-state index in [-0.39, 0.29) is 12.5 Å². The number of nitrogens with zero attached hydrogens (tertiary/aromatic N) is 1. The summed E-state index contributed by atoms with van der Waals surface area (Å²) in [7, 11) is 0. The van der Waals surface area contributed by atoms with Crippen LogP contribution >= 0.6 is 11.8 Å². The molecule has 1 aliphatic rings. The minimum absolute atomic E-state index is 0.144. The highest BCUT2D eigenvalue weighted by molar-refractivity contribution is 8.00. The van der Waals surface area contributed by atoms with E-state index in [4.69, 9.17) is 5.11 Å². The number of hydrogen-bond donors (Lipinski definition) is 2. The van der Waals surface area contributed by atoms with Crippen LogP contribution in [0.3, 0.4) is 0 Å². The highest BCUT2D eigenvalue weighted by Crippen LogP contribution is 2.25. The molecule has 1 saturated heterocycles. The second-order valence-corrected chi connectivity index (χ2v) is 5.65. The SMILES string of the molecule is O=C(NCC1CCCS1)c1ccc(C#CCO)cn1. The van der Waals surface area contributed by atoms with Gasteiger partial charge < -0.3 is 10.4 Å². The van der Waals surface area contributed by atoms with Crippen LogP contribution in [0.1, 0.15) is 28.9 Å². The van der Waals surface area contributed by atoms with E-state index in [0.717, 1.165) is 0 Å². The zero-order valence-corrected chi connectivity index (χ0v) is 11.4. The van der Waals surface area contributed by atoms with Crippen molar-refractivity contribution >= 4 is 17.7 Å². The molecular weight excluding hydrogens is 260 g/mol. The van der Waals surface area contributed by atoms with Crippen LogP contribution in [0.5, 0.6) is 0 Å². The number of carbonyl (C=O) groups is 1. The molecule has 1 aliphatic heterocycles. The van der Waals surface area contributed by atoms with Crippen LogP contribution in [0.15, 0.2) is 18.3 Å². The smallest absolute Gasteiger partial charge is 0.269 e. The normalized spacial score (nSPS) is 17.6. The highest BCUT2D eigenvalue weighted by Gasteiger charge is 2.16. The van der Waals surface area contributed by atoms with E-state index < -0.39 is 0 Å². The number of carbonyl (C=O) groups excluding carboxylic acids is 1. The molecule has 4 nitrogen and oxygen atoms in total. The van der Waals surface area contributed by atoms with Gasteiger partial charge in [0.15, 0.2) is 0 Å². The summed E-state index contributed by atoms with van der Waals surface area (Å²) in [5.41, 5.74) is 1.09. The first-order valence-corrected chi connectivity index (χ1v) is 7.30. The zero-order chi connectivity index (χ0) is 13.5. The molecule has 1 aromatic heterocycles. The van der Waals surface area contributed by atoms with E-state index in [9.17, 15) is 4.79 Å². The summed E-state index contributed by atoms with van der Waals surface area (Å²) in [6.45, 7) is 0.526. The van der Waals surface area contributed by atoms with Crippen molar-refractivity contribution in [2.45, 2.75) is 18.1 Å². The van der Waals surface area contributed by atoms with Crippen LogP contribution in [0.2, 0.25) is 0 Å². The third-order valence-corrected chi connectivity index (χ3v) is 4.22. The molecule has 5 heteroatoms. The van der Waals surface area contributed by atoms with Crippen LogP contribution in [-0.4, -0.2) is 40.2 Å². The lowest BCUT2D eigenvalue weighted by Gasteiger charge is -2.09. The van der Waals surface area contributed by atoms with Gasteiger partial charge in [0.05, 0.1) is 0 Å². The number of pyridine rings is 1. The van der Waals surface area contributed by atoms with E-state index in [2.05, 4.69) is 22.1 Å². The van der Waals surface area contributed by atoms with Gasteiger partial charge in [-0.1, -0.05) is 11.8 Å². The largest absolute Gasteiger partial charge is 0.384 e. The Morgan fingerprint density at radius 1 is 1.58 bits per heavy atom. The maximum Gasteiger partial charge on any atom is 0.269 e. The van der Waals surface area contributed by atoms with Gasteiger partial charge >= 0.3 is 0 Å². The predicted molar refractivity (Wildman–Crippen MR) is 76.0 cm³/mol. The molecule has 1 aromatic rings. The van der Waals surface area contributed by atoms with Gasteiger partial charge in [0, 0.05) is 23.6 Å². The standard InChI is InChI=1S/C14H16N2O2S/c17-7-1-3-11-5-6-13(15-9-11)14(18)16-10-12-4-2-8-19-12/h5-6,9,12,17H,2,4,7-8,10H2,(H,16,18). The van der Waals surface area contributed by atoms with E-state index in [0.29, 0.717) is 23.1 Å². The summed E-state index contributed by atoms with van der Waals surface area (Å²) in [5.74, 6) is 6.32. The van der Waals surface area contributed by atoms with Crippen molar-refractivity contribution in [1.82, 2.24) is 10.3 Å². The Kier molecular flexibility index (Phi) is 5.25. The fraction of sp³-hybridized carbons (Fsp3) is 0.429. The predicted octanol–water partition coefficient (Wildman–Crippen LogP) is 1.05. The van der Waals surface area contributed by atoms with Crippen LogP contribution in [0.25, 0.3) is 0 Å². The monoisotopic (exact) mass is 276 g/mol. The Hall–Kier alpha value is -1.51. The quantitative estimate of drug-likeness (QED) is 0.810. The summed E-state index contributed by atoms with van der Waals surface area (Å²) in [6, 6.07) is 3.38. The topological polar surface area (TPSA) is 62.2 Å². The first-order valence-electron chi connectivity index (χ1n) is 6.25. The summed E-state index contributed by atoms with van der Waals surface area (Å²) >= 11 is 1.91. The van der Waals surface area contributed by atoms with Gasteiger partial charge in [-0.05, 0) is 30.7 Å². The van der Waals surface area contributed by atoms with Gasteiger partial charge in [-0.2, -0.15) is 11.8 Å². The lowest BCUT2D eigenvalue weighted by molar-refractivity contribution is 0.0948. The summed E-state index contributed by atoms with van der Waals surface area (Å²) in [6.07, 6.45) is 3.96. The van der Waals surface area contributed by atoms with Crippen molar-refractivity contribution in [3.8, 4) is 11.8 Å². The van der Waals surface area contributed by atoms with Crippen LogP contribution in [0, 0.1) is 11.8 Å². The number of amides is 1.